The van der Waals surface area contributed by atoms with Gasteiger partial charge in [0.1, 0.15) is 5.15 Å². The van der Waals surface area contributed by atoms with E-state index in [1.807, 2.05) is 0 Å². The minimum absolute atomic E-state index is 0.0727. The van der Waals surface area contributed by atoms with Gasteiger partial charge in [-0.1, -0.05) is 35.9 Å². The molecule has 0 saturated carbocycles. The number of hydrogen-bond donors (Lipinski definition) is 0. The zero-order valence-corrected chi connectivity index (χ0v) is 16.7. The van der Waals surface area contributed by atoms with Crippen LogP contribution in [0.3, 0.4) is 0 Å². The maximum Gasteiger partial charge on any atom is 0.442 e. The van der Waals surface area contributed by atoms with Crippen LogP contribution in [0, 0.1) is 10.1 Å². The second kappa shape index (κ2) is 7.80. The smallest absolute Gasteiger partial charge is 0.347 e. The van der Waals surface area contributed by atoms with Gasteiger partial charge in [0.2, 0.25) is 0 Å². The molecule has 0 radical (unpaired) electrons. The molecule has 1 saturated heterocycles. The molecule has 0 atom stereocenters. The zero-order chi connectivity index (χ0) is 22.2. The Bertz CT molecular complexity index is 1070. The average molecular weight is 453 g/mol. The molecule has 0 amide bonds. The largest absolute Gasteiger partial charge is 0.442 e. The molecular formula is C19H16ClF3N6O2. The lowest BCUT2D eigenvalue weighted by Crippen LogP contribution is -2.30. The summed E-state index contributed by atoms with van der Waals surface area (Å²) in [7, 11) is 0. The second-order valence-electron chi connectivity index (χ2n) is 7.14. The van der Waals surface area contributed by atoms with E-state index in [0.29, 0.717) is 41.9 Å². The van der Waals surface area contributed by atoms with E-state index in [0.717, 1.165) is 6.20 Å². The SMILES string of the molecule is O=[N+]([O-])/C=C1\N(Cc2cccc(C3(C(F)(F)F)N=N3)c2)CCN1Cc1cccc(Cl)n1. The van der Waals surface area contributed by atoms with Gasteiger partial charge in [-0.3, -0.25) is 10.1 Å². The first kappa shape index (κ1) is 21.0. The Kier molecular flexibility index (Phi) is 5.29. The molecule has 162 valence electrons. The third kappa shape index (κ3) is 4.31. The minimum Gasteiger partial charge on any atom is -0.347 e. The minimum atomic E-state index is -4.61. The lowest BCUT2D eigenvalue weighted by molar-refractivity contribution is -0.405. The number of hydrogen-bond acceptors (Lipinski definition) is 7. The molecule has 4 rings (SSSR count). The van der Waals surface area contributed by atoms with Crippen LogP contribution in [0.4, 0.5) is 13.2 Å². The molecule has 2 aliphatic heterocycles. The van der Waals surface area contributed by atoms with E-state index >= 15 is 0 Å². The summed E-state index contributed by atoms with van der Waals surface area (Å²) >= 11 is 5.92. The summed E-state index contributed by atoms with van der Waals surface area (Å²) in [5, 5.41) is 18.0. The van der Waals surface area contributed by atoms with Crippen LogP contribution in [0.5, 0.6) is 0 Å². The standard InChI is InChI=1S/C19H16ClF3N6O2/c20-16-6-2-5-15(24-16)11-28-8-7-27(17(28)12-29(30)31)10-13-3-1-4-14(9-13)18(25-26-18)19(21,22)23/h1-6,9,12H,7-8,10-11H2/b17-12+. The Morgan fingerprint density at radius 3 is 2.42 bits per heavy atom. The van der Waals surface area contributed by atoms with E-state index in [-0.39, 0.29) is 12.1 Å². The van der Waals surface area contributed by atoms with Crippen LogP contribution in [-0.4, -0.2) is 39.0 Å². The van der Waals surface area contributed by atoms with Crippen LogP contribution < -0.4 is 0 Å². The normalized spacial score (nSPS) is 18.6. The van der Waals surface area contributed by atoms with Gasteiger partial charge in [-0.15, -0.1) is 10.2 Å². The fourth-order valence-electron chi connectivity index (χ4n) is 3.53. The van der Waals surface area contributed by atoms with Crippen molar-refractivity contribution in [2.45, 2.75) is 24.9 Å². The summed E-state index contributed by atoms with van der Waals surface area (Å²) in [4.78, 5) is 18.4. The van der Waals surface area contributed by atoms with Crippen molar-refractivity contribution in [2.24, 2.45) is 10.2 Å². The van der Waals surface area contributed by atoms with Crippen molar-refractivity contribution in [3.63, 3.8) is 0 Å². The van der Waals surface area contributed by atoms with Crippen LogP contribution in [0.15, 0.2) is 64.7 Å². The Morgan fingerprint density at radius 1 is 1.13 bits per heavy atom. The molecule has 3 heterocycles. The summed E-state index contributed by atoms with van der Waals surface area (Å²) in [6.07, 6.45) is -3.72. The van der Waals surface area contributed by atoms with Crippen molar-refractivity contribution in [3.05, 3.63) is 86.6 Å². The van der Waals surface area contributed by atoms with Crippen molar-refractivity contribution in [3.8, 4) is 0 Å². The predicted molar refractivity (Wildman–Crippen MR) is 104 cm³/mol. The first-order valence-electron chi connectivity index (χ1n) is 9.25. The maximum atomic E-state index is 13.3. The van der Waals surface area contributed by atoms with Crippen molar-refractivity contribution in [1.29, 1.82) is 0 Å². The number of alkyl halides is 3. The molecule has 0 bridgehead atoms. The predicted octanol–water partition coefficient (Wildman–Crippen LogP) is 4.31. The Morgan fingerprint density at radius 2 is 1.81 bits per heavy atom. The zero-order valence-electron chi connectivity index (χ0n) is 16.0. The highest BCUT2D eigenvalue weighted by molar-refractivity contribution is 6.29. The quantitative estimate of drug-likeness (QED) is 0.370. The van der Waals surface area contributed by atoms with E-state index in [1.54, 1.807) is 34.1 Å². The number of benzene rings is 1. The molecule has 0 N–H and O–H groups in total. The Labute approximate surface area is 179 Å². The molecule has 0 unspecified atom stereocenters. The summed E-state index contributed by atoms with van der Waals surface area (Å²) in [5.41, 5.74) is -1.36. The Hall–Kier alpha value is -3.21. The average Bonchev–Trinajstić information content (AvgIpc) is 3.45. The highest BCUT2D eigenvalue weighted by Gasteiger charge is 2.65. The summed E-state index contributed by atoms with van der Waals surface area (Å²) < 4.78 is 39.9. The third-order valence-electron chi connectivity index (χ3n) is 5.03. The highest BCUT2D eigenvalue weighted by atomic mass is 35.5. The first-order chi connectivity index (χ1) is 14.7. The molecular weight excluding hydrogens is 437 g/mol. The van der Waals surface area contributed by atoms with Crippen LogP contribution >= 0.6 is 11.6 Å². The molecule has 8 nitrogen and oxygen atoms in total. The van der Waals surface area contributed by atoms with E-state index in [9.17, 15) is 23.3 Å². The van der Waals surface area contributed by atoms with Gasteiger partial charge in [0.05, 0.1) is 17.2 Å². The van der Waals surface area contributed by atoms with Gasteiger partial charge >= 0.3 is 11.8 Å². The summed E-state index contributed by atoms with van der Waals surface area (Å²) in [5.74, 6) is 0.350. The topological polar surface area (TPSA) is 87.2 Å². The lowest BCUT2D eigenvalue weighted by atomic mass is 10.0. The molecule has 31 heavy (non-hydrogen) atoms. The molecule has 1 aromatic heterocycles. The lowest BCUT2D eigenvalue weighted by Gasteiger charge is -2.23. The number of nitro groups is 1. The van der Waals surface area contributed by atoms with Crippen molar-refractivity contribution in [2.75, 3.05) is 13.1 Å². The van der Waals surface area contributed by atoms with Crippen molar-refractivity contribution < 1.29 is 18.1 Å². The summed E-state index contributed by atoms with van der Waals surface area (Å²) in [6.45, 7) is 1.46. The van der Waals surface area contributed by atoms with Gasteiger partial charge in [-0.05, 0) is 23.8 Å². The number of pyridine rings is 1. The summed E-state index contributed by atoms with van der Waals surface area (Å²) in [6, 6.07) is 11.0. The van der Waals surface area contributed by atoms with Crippen LogP contribution in [0.2, 0.25) is 5.15 Å². The van der Waals surface area contributed by atoms with Gasteiger partial charge in [0, 0.05) is 25.2 Å². The molecule has 12 heteroatoms. The maximum absolute atomic E-state index is 13.3. The highest BCUT2D eigenvalue weighted by Crippen LogP contribution is 2.52. The van der Waals surface area contributed by atoms with Crippen LogP contribution in [0.1, 0.15) is 16.8 Å². The van der Waals surface area contributed by atoms with E-state index in [4.69, 9.17) is 11.6 Å². The molecule has 2 aliphatic rings. The number of rotatable bonds is 6. The number of aromatic nitrogens is 1. The van der Waals surface area contributed by atoms with Gasteiger partial charge in [0.25, 0.3) is 6.20 Å². The number of halogens is 4. The van der Waals surface area contributed by atoms with E-state index < -0.39 is 16.8 Å². The van der Waals surface area contributed by atoms with Crippen molar-refractivity contribution >= 4 is 11.6 Å². The molecule has 2 aromatic rings. The number of nitrogens with zero attached hydrogens (tertiary/aromatic N) is 6. The fraction of sp³-hybridized carbons (Fsp3) is 0.316. The van der Waals surface area contributed by atoms with Gasteiger partial charge in [0.15, 0.2) is 5.82 Å². The van der Waals surface area contributed by atoms with E-state index in [2.05, 4.69) is 15.2 Å². The van der Waals surface area contributed by atoms with Gasteiger partial charge < -0.3 is 9.80 Å². The fourth-order valence-corrected chi connectivity index (χ4v) is 3.71. The van der Waals surface area contributed by atoms with Gasteiger partial charge in [-0.2, -0.15) is 13.2 Å². The van der Waals surface area contributed by atoms with Crippen LogP contribution in [-0.2, 0) is 18.8 Å². The van der Waals surface area contributed by atoms with Gasteiger partial charge in [-0.25, -0.2) is 4.98 Å². The monoisotopic (exact) mass is 452 g/mol. The van der Waals surface area contributed by atoms with Crippen LogP contribution in [0.25, 0.3) is 0 Å². The van der Waals surface area contributed by atoms with Crippen molar-refractivity contribution in [1.82, 2.24) is 14.8 Å². The molecule has 0 spiro atoms. The molecule has 0 aliphatic carbocycles. The second-order valence-corrected chi connectivity index (χ2v) is 7.53. The molecule has 1 aromatic carbocycles. The third-order valence-corrected chi connectivity index (χ3v) is 5.24. The Balaban J connectivity index is 1.54. The van der Waals surface area contributed by atoms with E-state index in [1.165, 1.54) is 18.2 Å². The first-order valence-corrected chi connectivity index (χ1v) is 9.62. The molecule has 1 fully saturated rings.